The molecule has 0 spiro atoms. The Labute approximate surface area is 140 Å². The Kier molecular flexibility index (Phi) is 3.97. The van der Waals surface area contributed by atoms with Crippen LogP contribution in [0.3, 0.4) is 0 Å². The summed E-state index contributed by atoms with van der Waals surface area (Å²) >= 11 is 1.71. The minimum atomic E-state index is 1.06. The standard InChI is InChI=1S/C18H20N4S/c1-21-8-5-9-22(11-10-21)17-16-15(14-6-3-2-4-7-14)12-23-18(16)20-13-19-17/h2-4,6-7,12-13H,5,8-11H2,1H3/p+1. The maximum atomic E-state index is 4.67. The van der Waals surface area contributed by atoms with Gasteiger partial charge in [0.25, 0.3) is 0 Å². The van der Waals surface area contributed by atoms with Crippen molar-refractivity contribution >= 4 is 27.4 Å². The molecule has 5 heteroatoms. The summed E-state index contributed by atoms with van der Waals surface area (Å²) in [7, 11) is 2.28. The van der Waals surface area contributed by atoms with E-state index in [1.54, 1.807) is 22.6 Å². The van der Waals surface area contributed by atoms with Crippen LogP contribution >= 0.6 is 11.3 Å². The minimum absolute atomic E-state index is 1.06. The minimum Gasteiger partial charge on any atom is -0.350 e. The van der Waals surface area contributed by atoms with Gasteiger partial charge in [0.05, 0.1) is 32.1 Å². The van der Waals surface area contributed by atoms with Crippen molar-refractivity contribution in [1.82, 2.24) is 9.97 Å². The molecule has 1 unspecified atom stereocenters. The molecule has 1 N–H and O–H groups in total. The molecule has 3 aromatic rings. The summed E-state index contributed by atoms with van der Waals surface area (Å²) < 4.78 is 0. The van der Waals surface area contributed by atoms with Gasteiger partial charge in [-0.2, -0.15) is 0 Å². The van der Waals surface area contributed by atoms with E-state index in [1.807, 2.05) is 0 Å². The quantitative estimate of drug-likeness (QED) is 0.783. The van der Waals surface area contributed by atoms with E-state index in [0.717, 1.165) is 30.3 Å². The van der Waals surface area contributed by atoms with E-state index in [1.165, 1.54) is 29.5 Å². The van der Waals surface area contributed by atoms with Gasteiger partial charge >= 0.3 is 0 Å². The Morgan fingerprint density at radius 2 is 1.96 bits per heavy atom. The summed E-state index contributed by atoms with van der Waals surface area (Å²) in [5.41, 5.74) is 2.50. The highest BCUT2D eigenvalue weighted by Crippen LogP contribution is 2.37. The number of hydrogen-bond donors (Lipinski definition) is 1. The van der Waals surface area contributed by atoms with Crippen molar-refractivity contribution in [3.05, 3.63) is 42.0 Å². The fourth-order valence-electron chi connectivity index (χ4n) is 3.28. The Hall–Kier alpha value is -1.98. The second-order valence-electron chi connectivity index (χ2n) is 6.19. The second-order valence-corrected chi connectivity index (χ2v) is 7.05. The first-order chi connectivity index (χ1) is 11.3. The number of nitrogens with one attached hydrogen (secondary N) is 1. The lowest BCUT2D eigenvalue weighted by molar-refractivity contribution is -0.876. The predicted molar refractivity (Wildman–Crippen MR) is 96.3 cm³/mol. The van der Waals surface area contributed by atoms with Crippen LogP contribution in [0.15, 0.2) is 42.0 Å². The number of hydrogen-bond acceptors (Lipinski definition) is 4. The van der Waals surface area contributed by atoms with Crippen molar-refractivity contribution in [1.29, 1.82) is 0 Å². The van der Waals surface area contributed by atoms with Crippen molar-refractivity contribution in [2.24, 2.45) is 0 Å². The number of quaternary nitrogens is 1. The van der Waals surface area contributed by atoms with Crippen LogP contribution < -0.4 is 9.80 Å². The highest BCUT2D eigenvalue weighted by molar-refractivity contribution is 7.17. The number of anilines is 1. The van der Waals surface area contributed by atoms with Gasteiger partial charge in [-0.1, -0.05) is 30.3 Å². The SMILES string of the molecule is C[NH+]1CCCN(c2ncnc3scc(-c4ccccc4)c23)CC1. The summed E-state index contributed by atoms with van der Waals surface area (Å²) in [6.45, 7) is 4.53. The van der Waals surface area contributed by atoms with Crippen LogP contribution in [-0.4, -0.2) is 43.2 Å². The molecule has 0 radical (unpaired) electrons. The zero-order valence-electron chi connectivity index (χ0n) is 13.3. The van der Waals surface area contributed by atoms with Crippen LogP contribution in [-0.2, 0) is 0 Å². The van der Waals surface area contributed by atoms with Gasteiger partial charge in [0.15, 0.2) is 0 Å². The lowest BCUT2D eigenvalue weighted by Gasteiger charge is -2.21. The topological polar surface area (TPSA) is 33.5 Å². The summed E-state index contributed by atoms with van der Waals surface area (Å²) in [6.07, 6.45) is 2.92. The van der Waals surface area contributed by atoms with Crippen LogP contribution in [0.1, 0.15) is 6.42 Å². The summed E-state index contributed by atoms with van der Waals surface area (Å²) in [5, 5.41) is 3.43. The number of fused-ring (bicyclic) bond motifs is 1. The fraction of sp³-hybridized carbons (Fsp3) is 0.333. The smallest absolute Gasteiger partial charge is 0.141 e. The Bertz CT molecular complexity index is 799. The summed E-state index contributed by atoms with van der Waals surface area (Å²) in [4.78, 5) is 14.3. The third kappa shape index (κ3) is 2.82. The van der Waals surface area contributed by atoms with Crippen molar-refractivity contribution in [2.75, 3.05) is 38.1 Å². The molecule has 0 saturated carbocycles. The second kappa shape index (κ2) is 6.26. The Morgan fingerprint density at radius 3 is 2.83 bits per heavy atom. The molecule has 23 heavy (non-hydrogen) atoms. The van der Waals surface area contributed by atoms with E-state index in [9.17, 15) is 0 Å². The number of thiophene rings is 1. The van der Waals surface area contributed by atoms with Gasteiger partial charge in [-0.05, 0) is 5.56 Å². The fourth-order valence-corrected chi connectivity index (χ4v) is 4.19. The lowest BCUT2D eigenvalue weighted by Crippen LogP contribution is -3.09. The van der Waals surface area contributed by atoms with Gasteiger partial charge in [-0.15, -0.1) is 11.3 Å². The van der Waals surface area contributed by atoms with Gasteiger partial charge in [-0.3, -0.25) is 0 Å². The van der Waals surface area contributed by atoms with Crippen LogP contribution in [0, 0.1) is 0 Å². The van der Waals surface area contributed by atoms with Crippen molar-refractivity contribution in [2.45, 2.75) is 6.42 Å². The first-order valence-electron chi connectivity index (χ1n) is 8.17. The first kappa shape index (κ1) is 14.6. The number of likely N-dealkylation sites (N-methyl/N-ethyl adjacent to an activating group) is 1. The molecule has 2 aromatic heterocycles. The van der Waals surface area contributed by atoms with Crippen LogP contribution in [0.2, 0.25) is 0 Å². The van der Waals surface area contributed by atoms with Gasteiger partial charge in [-0.25, -0.2) is 9.97 Å². The molecular weight excluding hydrogens is 304 g/mol. The molecule has 3 heterocycles. The van der Waals surface area contributed by atoms with Gasteiger partial charge < -0.3 is 9.80 Å². The average Bonchev–Trinajstić information content (AvgIpc) is 2.91. The number of nitrogens with zero attached hydrogens (tertiary/aromatic N) is 3. The lowest BCUT2D eigenvalue weighted by atomic mass is 10.1. The molecule has 1 saturated heterocycles. The number of benzene rings is 1. The van der Waals surface area contributed by atoms with Crippen LogP contribution in [0.5, 0.6) is 0 Å². The highest BCUT2D eigenvalue weighted by Gasteiger charge is 2.21. The Balaban J connectivity index is 1.82. The Morgan fingerprint density at radius 1 is 1.09 bits per heavy atom. The zero-order chi connectivity index (χ0) is 15.6. The first-order valence-corrected chi connectivity index (χ1v) is 9.05. The molecule has 1 aromatic carbocycles. The molecule has 118 valence electrons. The molecule has 1 fully saturated rings. The zero-order valence-corrected chi connectivity index (χ0v) is 14.1. The van der Waals surface area contributed by atoms with Crippen LogP contribution in [0.25, 0.3) is 21.3 Å². The van der Waals surface area contributed by atoms with E-state index in [4.69, 9.17) is 0 Å². The molecule has 0 amide bonds. The molecule has 0 bridgehead atoms. The van der Waals surface area contributed by atoms with E-state index in [0.29, 0.717) is 0 Å². The van der Waals surface area contributed by atoms with Gasteiger partial charge in [0, 0.05) is 23.9 Å². The van der Waals surface area contributed by atoms with E-state index in [2.05, 4.69) is 57.6 Å². The van der Waals surface area contributed by atoms with Crippen LogP contribution in [0.4, 0.5) is 5.82 Å². The third-order valence-corrected chi connectivity index (χ3v) is 5.46. The maximum Gasteiger partial charge on any atom is 0.141 e. The summed E-state index contributed by atoms with van der Waals surface area (Å²) in [6, 6.07) is 10.6. The third-order valence-electron chi connectivity index (χ3n) is 4.57. The normalized spacial score (nSPS) is 19.0. The molecule has 0 aliphatic carbocycles. The van der Waals surface area contributed by atoms with E-state index >= 15 is 0 Å². The molecule has 1 aliphatic rings. The van der Waals surface area contributed by atoms with Crippen molar-refractivity contribution in [3.8, 4) is 11.1 Å². The largest absolute Gasteiger partial charge is 0.350 e. The maximum absolute atomic E-state index is 4.67. The molecule has 1 aliphatic heterocycles. The molecule has 4 rings (SSSR count). The highest BCUT2D eigenvalue weighted by atomic mass is 32.1. The van der Waals surface area contributed by atoms with Crippen molar-refractivity contribution in [3.63, 3.8) is 0 Å². The monoisotopic (exact) mass is 325 g/mol. The molecule has 1 atom stereocenters. The predicted octanol–water partition coefficient (Wildman–Crippen LogP) is 2.08. The van der Waals surface area contributed by atoms with Crippen molar-refractivity contribution < 1.29 is 4.90 Å². The number of rotatable bonds is 2. The number of aromatic nitrogens is 2. The van der Waals surface area contributed by atoms with E-state index in [-0.39, 0.29) is 0 Å². The molecule has 4 nitrogen and oxygen atoms in total. The van der Waals surface area contributed by atoms with Gasteiger partial charge in [0.2, 0.25) is 0 Å². The average molecular weight is 325 g/mol. The van der Waals surface area contributed by atoms with Gasteiger partial charge in [0.1, 0.15) is 17.0 Å². The summed E-state index contributed by atoms with van der Waals surface area (Å²) in [5.74, 6) is 1.10. The van der Waals surface area contributed by atoms with E-state index < -0.39 is 0 Å². The molecular formula is C18H21N4S+.